The van der Waals surface area contributed by atoms with E-state index in [0.717, 1.165) is 0 Å². The molecule has 1 radical (unpaired) electrons. The number of halogens is 5. The Hall–Kier alpha value is -1.11. The van der Waals surface area contributed by atoms with E-state index in [0.29, 0.717) is 12.1 Å². The van der Waals surface area contributed by atoms with Crippen molar-refractivity contribution in [2.75, 3.05) is 0 Å². The maximum atomic E-state index is 12.7. The second-order valence-electron chi connectivity index (χ2n) is 2.46. The van der Waals surface area contributed by atoms with E-state index in [2.05, 4.69) is 0 Å². The molecule has 0 fully saturated rings. The Morgan fingerprint density at radius 3 is 2.07 bits per heavy atom. The lowest BCUT2D eigenvalue weighted by Gasteiger charge is -2.09. The highest BCUT2D eigenvalue weighted by molar-refractivity contribution is 6.45. The molecule has 75 valence electrons. The zero-order valence-electron chi connectivity index (χ0n) is 6.57. The molecule has 1 rings (SSSR count). The summed E-state index contributed by atoms with van der Waals surface area (Å²) in [6.45, 7) is 0. The SMILES string of the molecule is O[B]c1ccc(C(F)(F)F)c(F)c1F. The van der Waals surface area contributed by atoms with Crippen molar-refractivity contribution < 1.29 is 27.0 Å². The number of benzene rings is 1. The maximum Gasteiger partial charge on any atom is 0.419 e. The fourth-order valence-electron chi connectivity index (χ4n) is 0.883. The minimum Gasteiger partial charge on any atom is -0.450 e. The van der Waals surface area contributed by atoms with Crippen LogP contribution < -0.4 is 5.46 Å². The molecule has 0 amide bonds. The zero-order valence-corrected chi connectivity index (χ0v) is 6.57. The van der Waals surface area contributed by atoms with Gasteiger partial charge in [-0.25, -0.2) is 8.78 Å². The molecule has 0 aliphatic rings. The summed E-state index contributed by atoms with van der Waals surface area (Å²) in [4.78, 5) is 0. The fraction of sp³-hybridized carbons (Fsp3) is 0.143. The van der Waals surface area contributed by atoms with Gasteiger partial charge in [-0.2, -0.15) is 13.2 Å². The van der Waals surface area contributed by atoms with Crippen molar-refractivity contribution in [2.24, 2.45) is 0 Å². The van der Waals surface area contributed by atoms with E-state index in [-0.39, 0.29) is 7.48 Å². The van der Waals surface area contributed by atoms with Crippen LogP contribution in [0.3, 0.4) is 0 Å². The minimum atomic E-state index is -4.95. The number of alkyl halides is 3. The summed E-state index contributed by atoms with van der Waals surface area (Å²) in [5.74, 6) is -3.73. The van der Waals surface area contributed by atoms with Gasteiger partial charge in [0.25, 0.3) is 0 Å². The lowest BCUT2D eigenvalue weighted by Crippen LogP contribution is -2.22. The van der Waals surface area contributed by atoms with Crippen molar-refractivity contribution in [2.45, 2.75) is 6.18 Å². The molecule has 0 atom stereocenters. The molecule has 0 saturated heterocycles. The minimum absolute atomic E-state index is 0.193. The van der Waals surface area contributed by atoms with Gasteiger partial charge >= 0.3 is 13.7 Å². The topological polar surface area (TPSA) is 20.2 Å². The highest BCUT2D eigenvalue weighted by atomic mass is 19.4. The molecule has 1 nitrogen and oxygen atoms in total. The molecule has 1 N–H and O–H groups in total. The Morgan fingerprint density at radius 2 is 1.64 bits per heavy atom. The summed E-state index contributed by atoms with van der Waals surface area (Å²) < 4.78 is 61.4. The van der Waals surface area contributed by atoms with Gasteiger partial charge < -0.3 is 5.02 Å². The molecule has 0 heterocycles. The van der Waals surface area contributed by atoms with Crippen LogP contribution in [0.25, 0.3) is 0 Å². The Balaban J connectivity index is 3.31. The third-order valence-electron chi connectivity index (χ3n) is 1.56. The van der Waals surface area contributed by atoms with Gasteiger partial charge in [-0.05, 0) is 11.5 Å². The van der Waals surface area contributed by atoms with Gasteiger partial charge in [0, 0.05) is 0 Å². The third-order valence-corrected chi connectivity index (χ3v) is 1.56. The van der Waals surface area contributed by atoms with Crippen LogP contribution in [0.2, 0.25) is 0 Å². The standard InChI is InChI=1S/C7H3BF5O/c9-5-3(7(11,12)13)1-2-4(8-14)6(5)10/h1-2,14H. The van der Waals surface area contributed by atoms with Crippen LogP contribution in [0.5, 0.6) is 0 Å². The molecule has 0 bridgehead atoms. The summed E-state index contributed by atoms with van der Waals surface area (Å²) in [6.07, 6.45) is -4.95. The van der Waals surface area contributed by atoms with Crippen LogP contribution in [0.4, 0.5) is 22.0 Å². The lowest BCUT2D eigenvalue weighted by molar-refractivity contribution is -0.140. The van der Waals surface area contributed by atoms with Crippen LogP contribution >= 0.6 is 0 Å². The van der Waals surface area contributed by atoms with Gasteiger partial charge in [-0.1, -0.05) is 6.07 Å². The number of rotatable bonds is 1. The molecule has 14 heavy (non-hydrogen) atoms. The Bertz CT molecular complexity index is 349. The lowest BCUT2D eigenvalue weighted by atomic mass is 9.87. The number of hydrogen-bond acceptors (Lipinski definition) is 1. The van der Waals surface area contributed by atoms with E-state index in [1.165, 1.54) is 0 Å². The van der Waals surface area contributed by atoms with Crippen LogP contribution in [0, 0.1) is 11.6 Å². The van der Waals surface area contributed by atoms with E-state index in [1.54, 1.807) is 0 Å². The van der Waals surface area contributed by atoms with Gasteiger partial charge in [-0.15, -0.1) is 0 Å². The average molecular weight is 209 g/mol. The summed E-state index contributed by atoms with van der Waals surface area (Å²) >= 11 is 0. The first-order chi connectivity index (χ1) is 6.38. The highest BCUT2D eigenvalue weighted by Crippen LogP contribution is 2.31. The van der Waals surface area contributed by atoms with Gasteiger partial charge in [0.1, 0.15) is 0 Å². The average Bonchev–Trinajstić information content (AvgIpc) is 2.07. The van der Waals surface area contributed by atoms with Gasteiger partial charge in [-0.3, -0.25) is 0 Å². The maximum absolute atomic E-state index is 12.7. The van der Waals surface area contributed by atoms with Crippen molar-refractivity contribution in [3.63, 3.8) is 0 Å². The van der Waals surface area contributed by atoms with Crippen molar-refractivity contribution in [3.05, 3.63) is 29.3 Å². The summed E-state index contributed by atoms with van der Waals surface area (Å²) in [6, 6.07) is 1.00. The summed E-state index contributed by atoms with van der Waals surface area (Å²) in [7, 11) is 0.193. The highest BCUT2D eigenvalue weighted by Gasteiger charge is 2.35. The van der Waals surface area contributed by atoms with Crippen molar-refractivity contribution in [1.82, 2.24) is 0 Å². The van der Waals surface area contributed by atoms with Crippen LogP contribution in [0.1, 0.15) is 5.56 Å². The van der Waals surface area contributed by atoms with Crippen molar-refractivity contribution in [1.29, 1.82) is 0 Å². The molecular formula is C7H3BF5O. The molecule has 0 saturated carbocycles. The van der Waals surface area contributed by atoms with Gasteiger partial charge in [0.05, 0.1) is 5.56 Å². The predicted molar refractivity (Wildman–Crippen MR) is 39.0 cm³/mol. The quantitative estimate of drug-likeness (QED) is 0.544. The Labute approximate surface area is 76.4 Å². The molecule has 0 spiro atoms. The van der Waals surface area contributed by atoms with Gasteiger partial charge in [0.15, 0.2) is 11.6 Å². The fourth-order valence-corrected chi connectivity index (χ4v) is 0.883. The molecule has 0 aliphatic carbocycles. The summed E-state index contributed by atoms with van der Waals surface area (Å²) in [5.41, 5.74) is -2.32. The first kappa shape index (κ1) is 11.0. The van der Waals surface area contributed by atoms with Gasteiger partial charge in [0.2, 0.25) is 0 Å². The van der Waals surface area contributed by atoms with Crippen LogP contribution in [0.15, 0.2) is 12.1 Å². The zero-order chi connectivity index (χ0) is 10.9. The van der Waals surface area contributed by atoms with Crippen LogP contribution in [-0.2, 0) is 6.18 Å². The molecule has 0 aromatic heterocycles. The molecule has 0 aliphatic heterocycles. The normalized spacial score (nSPS) is 11.6. The van der Waals surface area contributed by atoms with E-state index < -0.39 is 28.8 Å². The largest absolute Gasteiger partial charge is 0.450 e. The van der Waals surface area contributed by atoms with E-state index >= 15 is 0 Å². The summed E-state index contributed by atoms with van der Waals surface area (Å²) in [5, 5.41) is 8.32. The molecule has 0 unspecified atom stereocenters. The second-order valence-corrected chi connectivity index (χ2v) is 2.46. The molecular weight excluding hydrogens is 206 g/mol. The van der Waals surface area contributed by atoms with Crippen molar-refractivity contribution >= 4 is 12.9 Å². The van der Waals surface area contributed by atoms with Crippen molar-refractivity contribution in [3.8, 4) is 0 Å². The Kier molecular flexibility index (Phi) is 2.80. The van der Waals surface area contributed by atoms with Crippen LogP contribution in [-0.4, -0.2) is 12.5 Å². The smallest absolute Gasteiger partial charge is 0.419 e. The predicted octanol–water partition coefficient (Wildman–Crippen LogP) is 1.22. The van der Waals surface area contributed by atoms with E-state index in [4.69, 9.17) is 5.02 Å². The molecule has 1 aromatic carbocycles. The Morgan fingerprint density at radius 1 is 1.07 bits per heavy atom. The number of hydrogen-bond donors (Lipinski definition) is 1. The first-order valence-electron chi connectivity index (χ1n) is 3.40. The van der Waals surface area contributed by atoms with E-state index in [9.17, 15) is 22.0 Å². The van der Waals surface area contributed by atoms with E-state index in [1.807, 2.05) is 0 Å². The molecule has 7 heteroatoms. The first-order valence-corrected chi connectivity index (χ1v) is 3.40. The molecule has 1 aromatic rings. The monoisotopic (exact) mass is 209 g/mol. The second kappa shape index (κ2) is 3.57. The third kappa shape index (κ3) is 1.87.